The third kappa shape index (κ3) is 3.55. The van der Waals surface area contributed by atoms with Gasteiger partial charge in [-0.2, -0.15) is 0 Å². The Morgan fingerprint density at radius 1 is 1.40 bits per heavy atom. The molecule has 0 saturated carbocycles. The van der Waals surface area contributed by atoms with E-state index in [-0.39, 0.29) is 12.2 Å². The number of para-hydroxylation sites is 1. The van der Waals surface area contributed by atoms with Gasteiger partial charge in [0.2, 0.25) is 0 Å². The highest BCUT2D eigenvalue weighted by Gasteiger charge is 2.13. The van der Waals surface area contributed by atoms with Crippen molar-refractivity contribution in [1.82, 2.24) is 5.32 Å². The number of carbonyl (C=O) groups is 1. The molecule has 2 amide bonds. The summed E-state index contributed by atoms with van der Waals surface area (Å²) < 4.78 is 13.3. The monoisotopic (exact) mass is 294 g/mol. The van der Waals surface area contributed by atoms with Gasteiger partial charge in [0.05, 0.1) is 12.2 Å². The molecule has 0 bridgehead atoms. The maximum atomic E-state index is 13.3. The summed E-state index contributed by atoms with van der Waals surface area (Å²) >= 11 is 1.43. The average molecular weight is 294 g/mol. The number of halogens is 1. The maximum absolute atomic E-state index is 13.3. The fourth-order valence-electron chi connectivity index (χ4n) is 1.74. The topological polar surface area (TPSA) is 61.4 Å². The Bertz CT molecular complexity index is 600. The van der Waals surface area contributed by atoms with E-state index in [9.17, 15) is 14.3 Å². The molecule has 0 unspecified atom stereocenters. The fourth-order valence-corrected chi connectivity index (χ4v) is 2.65. The molecule has 0 saturated heterocycles. The highest BCUT2D eigenvalue weighted by Crippen LogP contribution is 2.23. The summed E-state index contributed by atoms with van der Waals surface area (Å²) in [5.41, 5.74) is 1.09. The number of aliphatic hydroxyl groups is 1. The van der Waals surface area contributed by atoms with E-state index in [0.29, 0.717) is 0 Å². The zero-order valence-electron chi connectivity index (χ0n) is 10.9. The SMILES string of the molecule is Cc1ccsc1[C@H](O)CNC(=O)Nc1ccccc1F. The van der Waals surface area contributed by atoms with E-state index in [0.717, 1.165) is 10.4 Å². The zero-order chi connectivity index (χ0) is 14.5. The van der Waals surface area contributed by atoms with Crippen molar-refractivity contribution in [3.63, 3.8) is 0 Å². The predicted octanol–water partition coefficient (Wildman–Crippen LogP) is 3.05. The van der Waals surface area contributed by atoms with E-state index in [1.807, 2.05) is 18.4 Å². The van der Waals surface area contributed by atoms with Gasteiger partial charge >= 0.3 is 6.03 Å². The van der Waals surface area contributed by atoms with E-state index in [2.05, 4.69) is 10.6 Å². The lowest BCUT2D eigenvalue weighted by Crippen LogP contribution is -2.32. The summed E-state index contributed by atoms with van der Waals surface area (Å²) in [6, 6.07) is 7.25. The van der Waals surface area contributed by atoms with E-state index in [1.54, 1.807) is 12.1 Å². The molecule has 6 heteroatoms. The second kappa shape index (κ2) is 6.49. The van der Waals surface area contributed by atoms with E-state index < -0.39 is 18.0 Å². The van der Waals surface area contributed by atoms with Crippen molar-refractivity contribution in [3.8, 4) is 0 Å². The summed E-state index contributed by atoms with van der Waals surface area (Å²) in [4.78, 5) is 12.4. The van der Waals surface area contributed by atoms with Crippen LogP contribution in [0.2, 0.25) is 0 Å². The lowest BCUT2D eigenvalue weighted by molar-refractivity contribution is 0.178. The Labute approximate surface area is 120 Å². The molecule has 4 nitrogen and oxygen atoms in total. The molecule has 2 aromatic rings. The minimum absolute atomic E-state index is 0.0711. The van der Waals surface area contributed by atoms with Crippen molar-refractivity contribution in [2.24, 2.45) is 0 Å². The van der Waals surface area contributed by atoms with Gasteiger partial charge in [-0.3, -0.25) is 0 Å². The summed E-state index contributed by atoms with van der Waals surface area (Å²) in [6.45, 7) is 1.97. The van der Waals surface area contributed by atoms with Crippen molar-refractivity contribution in [2.45, 2.75) is 13.0 Å². The Kier molecular flexibility index (Phi) is 4.70. The molecule has 0 aliphatic rings. The molecule has 0 fully saturated rings. The van der Waals surface area contributed by atoms with Crippen LogP contribution in [0.4, 0.5) is 14.9 Å². The molecular formula is C14H15FN2O2S. The van der Waals surface area contributed by atoms with Gasteiger partial charge in [0.15, 0.2) is 0 Å². The first-order valence-electron chi connectivity index (χ1n) is 6.09. The lowest BCUT2D eigenvalue weighted by Gasteiger charge is -2.12. The number of urea groups is 1. The molecule has 20 heavy (non-hydrogen) atoms. The number of hydrogen-bond donors (Lipinski definition) is 3. The van der Waals surface area contributed by atoms with Crippen molar-refractivity contribution >= 4 is 23.1 Å². The lowest BCUT2D eigenvalue weighted by atomic mass is 10.2. The summed E-state index contributed by atoms with van der Waals surface area (Å²) in [5.74, 6) is -0.503. The molecule has 1 aromatic carbocycles. The van der Waals surface area contributed by atoms with Gasteiger partial charge in [-0.25, -0.2) is 9.18 Å². The van der Waals surface area contributed by atoms with Gasteiger partial charge in [-0.15, -0.1) is 11.3 Å². The molecule has 0 aliphatic heterocycles. The number of thiophene rings is 1. The van der Waals surface area contributed by atoms with Crippen LogP contribution in [-0.4, -0.2) is 17.7 Å². The van der Waals surface area contributed by atoms with Crippen LogP contribution in [0.5, 0.6) is 0 Å². The largest absolute Gasteiger partial charge is 0.386 e. The first kappa shape index (κ1) is 14.5. The highest BCUT2D eigenvalue weighted by molar-refractivity contribution is 7.10. The molecule has 1 aromatic heterocycles. The van der Waals surface area contributed by atoms with E-state index in [4.69, 9.17) is 0 Å². The Morgan fingerprint density at radius 3 is 2.80 bits per heavy atom. The van der Waals surface area contributed by atoms with Crippen molar-refractivity contribution < 1.29 is 14.3 Å². The highest BCUT2D eigenvalue weighted by atomic mass is 32.1. The van der Waals surface area contributed by atoms with Crippen molar-refractivity contribution in [3.05, 3.63) is 52.0 Å². The van der Waals surface area contributed by atoms with Crippen LogP contribution in [0.25, 0.3) is 0 Å². The normalized spacial score (nSPS) is 11.9. The van der Waals surface area contributed by atoms with Crippen LogP contribution in [0.1, 0.15) is 16.5 Å². The molecule has 1 heterocycles. The second-order valence-corrected chi connectivity index (χ2v) is 5.25. The molecule has 2 rings (SSSR count). The minimum atomic E-state index is -0.763. The van der Waals surface area contributed by atoms with Crippen molar-refractivity contribution in [1.29, 1.82) is 0 Å². The Morgan fingerprint density at radius 2 is 2.15 bits per heavy atom. The number of rotatable bonds is 4. The third-order valence-electron chi connectivity index (χ3n) is 2.78. The van der Waals surface area contributed by atoms with Crippen LogP contribution in [0, 0.1) is 12.7 Å². The maximum Gasteiger partial charge on any atom is 0.319 e. The standard InChI is InChI=1S/C14H15FN2O2S/c1-9-6-7-20-13(9)12(18)8-16-14(19)17-11-5-3-2-4-10(11)15/h2-7,12,18H,8H2,1H3,(H2,16,17,19)/t12-/m1/s1. The number of nitrogens with one attached hydrogen (secondary N) is 2. The molecule has 3 N–H and O–H groups in total. The minimum Gasteiger partial charge on any atom is -0.386 e. The van der Waals surface area contributed by atoms with E-state index >= 15 is 0 Å². The Hall–Kier alpha value is -1.92. The van der Waals surface area contributed by atoms with Crippen molar-refractivity contribution in [2.75, 3.05) is 11.9 Å². The molecule has 0 aliphatic carbocycles. The van der Waals surface area contributed by atoms with E-state index in [1.165, 1.54) is 23.5 Å². The third-order valence-corrected chi connectivity index (χ3v) is 3.90. The van der Waals surface area contributed by atoms with Gasteiger partial charge in [0, 0.05) is 4.88 Å². The fraction of sp³-hybridized carbons (Fsp3) is 0.214. The number of benzene rings is 1. The summed E-state index contributed by atoms with van der Waals surface area (Å²) in [6.07, 6.45) is -0.763. The smallest absolute Gasteiger partial charge is 0.319 e. The predicted molar refractivity (Wildman–Crippen MR) is 77.4 cm³/mol. The van der Waals surface area contributed by atoms with Crippen LogP contribution in [0.15, 0.2) is 35.7 Å². The van der Waals surface area contributed by atoms with Crippen LogP contribution in [0.3, 0.4) is 0 Å². The first-order chi connectivity index (χ1) is 9.58. The van der Waals surface area contributed by atoms with Gasteiger partial charge in [-0.1, -0.05) is 12.1 Å². The second-order valence-electron chi connectivity index (χ2n) is 4.30. The molecule has 0 spiro atoms. The molecule has 1 atom stereocenters. The average Bonchev–Trinajstić information content (AvgIpc) is 2.85. The number of hydrogen-bond acceptors (Lipinski definition) is 3. The van der Waals surface area contributed by atoms with Crippen LogP contribution in [-0.2, 0) is 0 Å². The van der Waals surface area contributed by atoms with Gasteiger partial charge in [0.25, 0.3) is 0 Å². The molecule has 0 radical (unpaired) electrons. The molecular weight excluding hydrogens is 279 g/mol. The zero-order valence-corrected chi connectivity index (χ0v) is 11.7. The number of aryl methyl sites for hydroxylation is 1. The molecule has 106 valence electrons. The quantitative estimate of drug-likeness (QED) is 0.811. The van der Waals surface area contributed by atoms with Gasteiger partial charge in [-0.05, 0) is 36.1 Å². The summed E-state index contributed by atoms with van der Waals surface area (Å²) in [7, 11) is 0. The number of amides is 2. The van der Waals surface area contributed by atoms with Gasteiger partial charge in [0.1, 0.15) is 11.9 Å². The van der Waals surface area contributed by atoms with Gasteiger partial charge < -0.3 is 15.7 Å². The number of aliphatic hydroxyl groups excluding tert-OH is 1. The number of carbonyl (C=O) groups excluding carboxylic acids is 1. The Balaban J connectivity index is 1.87. The number of anilines is 1. The van der Waals surface area contributed by atoms with Crippen LogP contribution >= 0.6 is 11.3 Å². The first-order valence-corrected chi connectivity index (χ1v) is 6.97. The van der Waals surface area contributed by atoms with Crippen LogP contribution < -0.4 is 10.6 Å². The summed E-state index contributed by atoms with van der Waals surface area (Å²) in [5, 5.41) is 16.7.